The van der Waals surface area contributed by atoms with Gasteiger partial charge in [-0.3, -0.25) is 0 Å². The lowest BCUT2D eigenvalue weighted by atomic mass is 10.1. The van der Waals surface area contributed by atoms with Gasteiger partial charge in [0, 0.05) is 11.3 Å². The van der Waals surface area contributed by atoms with Crippen molar-refractivity contribution in [3.05, 3.63) is 36.0 Å². The number of H-pyrrole nitrogens is 1. The van der Waals surface area contributed by atoms with Crippen molar-refractivity contribution in [3.63, 3.8) is 0 Å². The molecule has 0 aliphatic carbocycles. The zero-order valence-corrected chi connectivity index (χ0v) is 11.9. The topological polar surface area (TPSA) is 119 Å². The Balaban J connectivity index is 2.37. The van der Waals surface area contributed by atoms with E-state index in [9.17, 15) is 9.59 Å². The number of methoxy groups -OCH3 is 2. The van der Waals surface area contributed by atoms with Gasteiger partial charge in [-0.25, -0.2) is 9.59 Å². The highest BCUT2D eigenvalue weighted by atomic mass is 16.5. The highest BCUT2D eigenvalue weighted by Crippen LogP contribution is 2.25. The van der Waals surface area contributed by atoms with Gasteiger partial charge in [0.2, 0.25) is 5.82 Å². The fourth-order valence-corrected chi connectivity index (χ4v) is 1.64. The monoisotopic (exact) mass is 303 g/mol. The second-order valence-electron chi connectivity index (χ2n) is 3.98. The van der Waals surface area contributed by atoms with Gasteiger partial charge in [-0.15, -0.1) is 10.2 Å². The molecule has 1 heterocycles. The summed E-state index contributed by atoms with van der Waals surface area (Å²) in [6.07, 6.45) is 0.999. The van der Waals surface area contributed by atoms with Crippen molar-refractivity contribution < 1.29 is 19.1 Å². The Bertz CT molecular complexity index is 696. The first-order valence-corrected chi connectivity index (χ1v) is 6.13. The normalized spacial score (nSPS) is 10.9. The number of anilines is 1. The summed E-state index contributed by atoms with van der Waals surface area (Å²) >= 11 is 0. The Hall–Kier alpha value is -3.23. The van der Waals surface area contributed by atoms with E-state index in [0.29, 0.717) is 17.1 Å². The second kappa shape index (κ2) is 6.97. The first-order valence-electron chi connectivity index (χ1n) is 6.13. The van der Waals surface area contributed by atoms with E-state index >= 15 is 0 Å². The number of ether oxygens (including phenoxy) is 2. The molecule has 0 amide bonds. The maximum Gasteiger partial charge on any atom is 0.354 e. The molecule has 1 aromatic carbocycles. The van der Waals surface area contributed by atoms with Crippen molar-refractivity contribution in [2.75, 3.05) is 19.5 Å². The van der Waals surface area contributed by atoms with Crippen LogP contribution in [-0.4, -0.2) is 46.8 Å². The molecule has 9 nitrogen and oxygen atoms in total. The number of para-hydroxylation sites is 1. The summed E-state index contributed by atoms with van der Waals surface area (Å²) < 4.78 is 9.15. The van der Waals surface area contributed by atoms with E-state index in [1.807, 2.05) is 0 Å². The zero-order chi connectivity index (χ0) is 15.9. The summed E-state index contributed by atoms with van der Waals surface area (Å²) in [6.45, 7) is 0. The molecule has 0 saturated heterocycles. The SMILES string of the molecule is COC(=O)/C=C(/Nc1ccccc1-c1nn[nH]n1)C(=O)OC. The molecule has 0 radical (unpaired) electrons. The quantitative estimate of drug-likeness (QED) is 0.605. The summed E-state index contributed by atoms with van der Waals surface area (Å²) in [5.41, 5.74) is 1.02. The van der Waals surface area contributed by atoms with Crippen LogP contribution in [0.2, 0.25) is 0 Å². The van der Waals surface area contributed by atoms with Crippen LogP contribution in [-0.2, 0) is 19.1 Å². The third-order valence-corrected chi connectivity index (χ3v) is 2.65. The first-order chi connectivity index (χ1) is 10.7. The molecular formula is C13H13N5O4. The minimum absolute atomic E-state index is 0.0784. The smallest absolute Gasteiger partial charge is 0.354 e. The average Bonchev–Trinajstić information content (AvgIpc) is 3.08. The Kier molecular flexibility index (Phi) is 4.81. The molecule has 0 saturated carbocycles. The molecule has 9 heteroatoms. The van der Waals surface area contributed by atoms with Crippen LogP contribution in [0.5, 0.6) is 0 Å². The Morgan fingerprint density at radius 2 is 2.00 bits per heavy atom. The molecular weight excluding hydrogens is 290 g/mol. The van der Waals surface area contributed by atoms with Crippen LogP contribution in [0.4, 0.5) is 5.69 Å². The number of tetrazole rings is 1. The molecule has 0 atom stereocenters. The fourth-order valence-electron chi connectivity index (χ4n) is 1.64. The molecule has 0 fully saturated rings. The maximum absolute atomic E-state index is 11.8. The standard InChI is InChI=1S/C13H13N5O4/c1-21-11(19)7-10(13(20)22-2)14-9-6-4-3-5-8(9)12-15-17-18-16-12/h3-7,14H,1-2H3,(H,15,16,17,18)/b10-7+. The van der Waals surface area contributed by atoms with E-state index in [1.54, 1.807) is 24.3 Å². The van der Waals surface area contributed by atoms with Crippen molar-refractivity contribution >= 4 is 17.6 Å². The van der Waals surface area contributed by atoms with E-state index in [2.05, 4.69) is 35.4 Å². The lowest BCUT2D eigenvalue weighted by Gasteiger charge is -2.11. The Labute approximate surface area is 125 Å². The minimum Gasteiger partial charge on any atom is -0.466 e. The van der Waals surface area contributed by atoms with Gasteiger partial charge < -0.3 is 14.8 Å². The number of nitrogens with one attached hydrogen (secondary N) is 2. The number of rotatable bonds is 5. The number of hydrogen-bond acceptors (Lipinski definition) is 8. The summed E-state index contributed by atoms with van der Waals surface area (Å²) in [5.74, 6) is -1.07. The van der Waals surface area contributed by atoms with Crippen LogP contribution in [0, 0.1) is 0 Å². The van der Waals surface area contributed by atoms with Crippen molar-refractivity contribution in [3.8, 4) is 11.4 Å². The molecule has 114 valence electrons. The van der Waals surface area contributed by atoms with E-state index in [1.165, 1.54) is 14.2 Å². The predicted octanol–water partition coefficient (Wildman–Crippen LogP) is 0.508. The van der Waals surface area contributed by atoms with Gasteiger partial charge in [-0.1, -0.05) is 12.1 Å². The number of carbonyl (C=O) groups is 2. The second-order valence-corrected chi connectivity index (χ2v) is 3.98. The summed E-state index contributed by atoms with van der Waals surface area (Å²) in [4.78, 5) is 23.1. The molecule has 0 spiro atoms. The van der Waals surface area contributed by atoms with Gasteiger partial charge in [0.1, 0.15) is 5.70 Å². The number of esters is 2. The zero-order valence-electron chi connectivity index (χ0n) is 11.9. The summed E-state index contributed by atoms with van der Waals surface area (Å²) in [5, 5.41) is 16.4. The van der Waals surface area contributed by atoms with Crippen molar-refractivity contribution in [1.29, 1.82) is 0 Å². The fraction of sp³-hybridized carbons (Fsp3) is 0.154. The van der Waals surface area contributed by atoms with E-state index in [-0.39, 0.29) is 5.70 Å². The largest absolute Gasteiger partial charge is 0.466 e. The first kappa shape index (κ1) is 15.2. The van der Waals surface area contributed by atoms with E-state index in [4.69, 9.17) is 0 Å². The van der Waals surface area contributed by atoms with Gasteiger partial charge in [-0.2, -0.15) is 5.21 Å². The van der Waals surface area contributed by atoms with Crippen LogP contribution < -0.4 is 5.32 Å². The number of hydrogen-bond donors (Lipinski definition) is 2. The lowest BCUT2D eigenvalue weighted by molar-refractivity contribution is -0.138. The molecule has 0 unspecified atom stereocenters. The highest BCUT2D eigenvalue weighted by Gasteiger charge is 2.16. The Morgan fingerprint density at radius 1 is 1.23 bits per heavy atom. The Morgan fingerprint density at radius 3 is 2.64 bits per heavy atom. The van der Waals surface area contributed by atoms with E-state index in [0.717, 1.165) is 6.08 Å². The molecule has 2 N–H and O–H groups in total. The molecule has 0 aliphatic rings. The van der Waals surface area contributed by atoms with Crippen molar-refractivity contribution in [2.24, 2.45) is 0 Å². The summed E-state index contributed by atoms with van der Waals surface area (Å²) in [6, 6.07) is 6.96. The molecule has 0 aliphatic heterocycles. The van der Waals surface area contributed by atoms with Crippen LogP contribution in [0.15, 0.2) is 36.0 Å². The van der Waals surface area contributed by atoms with Crippen LogP contribution in [0.25, 0.3) is 11.4 Å². The number of nitrogens with zero attached hydrogens (tertiary/aromatic N) is 3. The number of carbonyl (C=O) groups excluding carboxylic acids is 2. The average molecular weight is 303 g/mol. The minimum atomic E-state index is -0.715. The molecule has 2 aromatic rings. The summed E-state index contributed by atoms with van der Waals surface area (Å²) in [7, 11) is 2.42. The molecule has 2 rings (SSSR count). The lowest BCUT2D eigenvalue weighted by Crippen LogP contribution is -2.16. The van der Waals surface area contributed by atoms with Gasteiger partial charge in [0.05, 0.1) is 20.3 Å². The third kappa shape index (κ3) is 3.45. The highest BCUT2D eigenvalue weighted by molar-refractivity contribution is 5.99. The van der Waals surface area contributed by atoms with Gasteiger partial charge in [0.15, 0.2) is 0 Å². The van der Waals surface area contributed by atoms with E-state index < -0.39 is 11.9 Å². The number of benzene rings is 1. The van der Waals surface area contributed by atoms with Gasteiger partial charge in [0.25, 0.3) is 0 Å². The van der Waals surface area contributed by atoms with Crippen LogP contribution >= 0.6 is 0 Å². The molecule has 22 heavy (non-hydrogen) atoms. The van der Waals surface area contributed by atoms with Crippen molar-refractivity contribution in [1.82, 2.24) is 20.6 Å². The third-order valence-electron chi connectivity index (χ3n) is 2.65. The van der Waals surface area contributed by atoms with Gasteiger partial charge in [-0.05, 0) is 17.3 Å². The molecule has 0 bridgehead atoms. The molecule has 1 aromatic heterocycles. The number of aromatic nitrogens is 4. The maximum atomic E-state index is 11.8. The number of aromatic amines is 1. The van der Waals surface area contributed by atoms with Crippen molar-refractivity contribution in [2.45, 2.75) is 0 Å². The van der Waals surface area contributed by atoms with Crippen LogP contribution in [0.1, 0.15) is 0 Å². The van der Waals surface area contributed by atoms with Crippen LogP contribution in [0.3, 0.4) is 0 Å². The predicted molar refractivity (Wildman–Crippen MR) is 75.4 cm³/mol. The van der Waals surface area contributed by atoms with Gasteiger partial charge >= 0.3 is 11.9 Å².